The van der Waals surface area contributed by atoms with Gasteiger partial charge in [0.1, 0.15) is 5.78 Å². The Morgan fingerprint density at radius 3 is 2.24 bits per heavy atom. The Balaban J connectivity index is 3.06. The summed E-state index contributed by atoms with van der Waals surface area (Å²) in [4.78, 5) is 12.2. The van der Waals surface area contributed by atoms with E-state index in [4.69, 9.17) is 0 Å². The molecule has 3 heteroatoms. The maximum Gasteiger partial charge on any atom is 0.139 e. The molecule has 0 aromatic carbocycles. The normalized spacial score (nSPS) is 39.6. The van der Waals surface area contributed by atoms with Crippen LogP contribution in [0.2, 0.25) is 0 Å². The molecule has 0 aromatic heterocycles. The molecule has 1 aliphatic heterocycles. The highest BCUT2D eigenvalue weighted by atomic mass is 16.5. The van der Waals surface area contributed by atoms with Crippen molar-refractivity contribution in [2.75, 3.05) is 0 Å². The minimum atomic E-state index is -0.520. The lowest BCUT2D eigenvalue weighted by atomic mass is 9.69. The van der Waals surface area contributed by atoms with Crippen LogP contribution in [0.4, 0.5) is 0 Å². The van der Waals surface area contributed by atoms with Gasteiger partial charge in [0.05, 0.1) is 11.1 Å². The van der Waals surface area contributed by atoms with Crippen LogP contribution in [-0.2, 0) is 10.0 Å². The molecule has 1 fully saturated rings. The molecule has 1 saturated heterocycles. The van der Waals surface area contributed by atoms with Crippen molar-refractivity contribution in [3.8, 4) is 0 Å². The molecule has 0 aromatic rings. The molecule has 0 bridgehead atoms. The van der Waals surface area contributed by atoms with E-state index in [9.17, 15) is 10.0 Å². The Morgan fingerprint density at radius 1 is 1.24 bits per heavy atom. The highest BCUT2D eigenvalue weighted by Gasteiger charge is 2.53. The molecule has 17 heavy (non-hydrogen) atoms. The minimum absolute atomic E-state index is 0.148. The number of ketones is 1. The molecule has 0 saturated carbocycles. The number of rotatable bonds is 4. The van der Waals surface area contributed by atoms with E-state index in [1.807, 2.05) is 20.8 Å². The van der Waals surface area contributed by atoms with Gasteiger partial charge in [0, 0.05) is 12.3 Å². The maximum absolute atomic E-state index is 12.7. The molecular formula is C14H26NO2. The first-order chi connectivity index (χ1) is 7.81. The molecule has 0 N–H and O–H groups in total. The average Bonchev–Trinajstić information content (AvgIpc) is 2.25. The number of carbonyl (C=O) groups excluding carboxylic acids is 1. The molecule has 1 rings (SSSR count). The van der Waals surface area contributed by atoms with Crippen molar-refractivity contribution >= 4 is 5.78 Å². The Hall–Kier alpha value is -0.410. The first kappa shape index (κ1) is 14.7. The molecule has 0 amide bonds. The van der Waals surface area contributed by atoms with Gasteiger partial charge in [-0.3, -0.25) is 4.79 Å². The number of Topliss-reactive ketones (excluding diaryl/α,β-unsaturated/α-hetero) is 1. The molecule has 0 spiro atoms. The molecule has 1 heterocycles. The van der Waals surface area contributed by atoms with Gasteiger partial charge >= 0.3 is 0 Å². The summed E-state index contributed by atoms with van der Waals surface area (Å²) in [6, 6.07) is 0. The fourth-order valence-electron chi connectivity index (χ4n) is 3.29. The fourth-order valence-corrected chi connectivity index (χ4v) is 3.29. The van der Waals surface area contributed by atoms with Gasteiger partial charge in [0.25, 0.3) is 0 Å². The second-order valence-electron chi connectivity index (χ2n) is 6.01. The zero-order valence-electron chi connectivity index (χ0n) is 11.9. The van der Waals surface area contributed by atoms with Crippen LogP contribution in [0.15, 0.2) is 0 Å². The highest BCUT2D eigenvalue weighted by Crippen LogP contribution is 2.43. The Bertz CT molecular complexity index is 292. The highest BCUT2D eigenvalue weighted by molar-refractivity contribution is 5.84. The Labute approximate surface area is 105 Å². The van der Waals surface area contributed by atoms with Crippen LogP contribution in [0, 0.1) is 5.92 Å². The largest absolute Gasteiger partial charge is 0.299 e. The van der Waals surface area contributed by atoms with E-state index in [0.717, 1.165) is 25.7 Å². The number of piperidine rings is 1. The molecular weight excluding hydrogens is 214 g/mol. The predicted octanol–water partition coefficient (Wildman–Crippen LogP) is 3.36. The smallest absolute Gasteiger partial charge is 0.139 e. The zero-order chi connectivity index (χ0) is 13.3. The third-order valence-corrected chi connectivity index (χ3v) is 4.47. The minimum Gasteiger partial charge on any atom is -0.299 e. The molecule has 3 atom stereocenters. The standard InChI is InChI=1S/C14H26NO2/c1-6-8-13(4)10-12(16)11(3)14(5,9-7-2)15(13)17/h11H,6-10H2,1-5H3. The summed E-state index contributed by atoms with van der Waals surface area (Å²) in [5, 5.41) is 13.9. The Morgan fingerprint density at radius 2 is 1.76 bits per heavy atom. The van der Waals surface area contributed by atoms with Gasteiger partial charge in [-0.05, 0) is 26.7 Å². The van der Waals surface area contributed by atoms with Crippen molar-refractivity contribution in [1.82, 2.24) is 5.06 Å². The lowest BCUT2D eigenvalue weighted by molar-refractivity contribution is -0.302. The van der Waals surface area contributed by atoms with Crippen molar-refractivity contribution < 1.29 is 10.0 Å². The van der Waals surface area contributed by atoms with Crippen LogP contribution in [0.3, 0.4) is 0 Å². The molecule has 0 aliphatic carbocycles. The SMILES string of the molecule is CCCC1(C)CC(=O)C(C)C(C)(CCC)N1[O]. The van der Waals surface area contributed by atoms with Crippen LogP contribution in [-0.4, -0.2) is 21.9 Å². The van der Waals surface area contributed by atoms with Crippen molar-refractivity contribution in [2.24, 2.45) is 5.92 Å². The third kappa shape index (κ3) is 2.41. The van der Waals surface area contributed by atoms with Crippen LogP contribution < -0.4 is 0 Å². The van der Waals surface area contributed by atoms with Crippen LogP contribution in [0.5, 0.6) is 0 Å². The number of hydrogen-bond donors (Lipinski definition) is 0. The van der Waals surface area contributed by atoms with Crippen LogP contribution in [0.25, 0.3) is 0 Å². The summed E-state index contributed by atoms with van der Waals surface area (Å²) in [7, 11) is 0. The quantitative estimate of drug-likeness (QED) is 0.756. The van der Waals surface area contributed by atoms with Crippen LogP contribution in [0.1, 0.15) is 66.7 Å². The molecule has 3 unspecified atom stereocenters. The van der Waals surface area contributed by atoms with Crippen molar-refractivity contribution in [3.05, 3.63) is 0 Å². The average molecular weight is 240 g/mol. The number of hydroxylamine groups is 2. The van der Waals surface area contributed by atoms with Gasteiger partial charge in [-0.1, -0.05) is 33.6 Å². The second kappa shape index (κ2) is 5.07. The van der Waals surface area contributed by atoms with E-state index in [0.29, 0.717) is 6.42 Å². The summed E-state index contributed by atoms with van der Waals surface area (Å²) < 4.78 is 0. The molecule has 1 aliphatic rings. The van der Waals surface area contributed by atoms with Crippen molar-refractivity contribution in [3.63, 3.8) is 0 Å². The topological polar surface area (TPSA) is 40.2 Å². The third-order valence-electron chi connectivity index (χ3n) is 4.47. The second-order valence-corrected chi connectivity index (χ2v) is 6.01. The monoisotopic (exact) mass is 240 g/mol. The Kier molecular flexibility index (Phi) is 4.37. The van der Waals surface area contributed by atoms with Crippen molar-refractivity contribution in [1.29, 1.82) is 0 Å². The van der Waals surface area contributed by atoms with E-state index in [-0.39, 0.29) is 11.7 Å². The summed E-state index contributed by atoms with van der Waals surface area (Å²) in [6.45, 7) is 9.95. The molecule has 99 valence electrons. The van der Waals surface area contributed by atoms with Gasteiger partial charge < -0.3 is 0 Å². The first-order valence-electron chi connectivity index (χ1n) is 6.82. The lowest BCUT2D eigenvalue weighted by Crippen LogP contribution is -2.65. The fraction of sp³-hybridized carbons (Fsp3) is 0.929. The van der Waals surface area contributed by atoms with Crippen molar-refractivity contribution in [2.45, 2.75) is 77.8 Å². The van der Waals surface area contributed by atoms with Gasteiger partial charge in [-0.25, -0.2) is 0 Å². The summed E-state index contributed by atoms with van der Waals surface area (Å²) in [6.07, 6.45) is 3.88. The van der Waals surface area contributed by atoms with E-state index in [1.165, 1.54) is 5.06 Å². The van der Waals surface area contributed by atoms with E-state index in [1.54, 1.807) is 0 Å². The summed E-state index contributed by atoms with van der Waals surface area (Å²) in [5.41, 5.74) is -1.02. The molecule has 1 radical (unpaired) electrons. The van der Waals surface area contributed by atoms with E-state index in [2.05, 4.69) is 13.8 Å². The van der Waals surface area contributed by atoms with E-state index >= 15 is 0 Å². The number of nitrogens with zero attached hydrogens (tertiary/aromatic N) is 1. The predicted molar refractivity (Wildman–Crippen MR) is 67.9 cm³/mol. The van der Waals surface area contributed by atoms with Gasteiger partial charge in [-0.15, -0.1) is 10.3 Å². The maximum atomic E-state index is 12.7. The lowest BCUT2D eigenvalue weighted by Gasteiger charge is -2.52. The molecule has 3 nitrogen and oxygen atoms in total. The van der Waals surface area contributed by atoms with Gasteiger partial charge in [0.15, 0.2) is 0 Å². The number of carbonyl (C=O) groups is 1. The van der Waals surface area contributed by atoms with E-state index < -0.39 is 11.1 Å². The zero-order valence-corrected chi connectivity index (χ0v) is 11.9. The summed E-state index contributed by atoms with van der Waals surface area (Å²) in [5.74, 6) is 0.105. The number of hydrogen-bond acceptors (Lipinski definition) is 2. The summed E-state index contributed by atoms with van der Waals surface area (Å²) >= 11 is 0. The van der Waals surface area contributed by atoms with Crippen LogP contribution >= 0.6 is 0 Å². The first-order valence-corrected chi connectivity index (χ1v) is 6.82. The van der Waals surface area contributed by atoms with Gasteiger partial charge in [0.2, 0.25) is 0 Å². The van der Waals surface area contributed by atoms with Gasteiger partial charge in [-0.2, -0.15) is 0 Å².